The first-order chi connectivity index (χ1) is 8.95. The van der Waals surface area contributed by atoms with Gasteiger partial charge in [0.1, 0.15) is 5.15 Å². The van der Waals surface area contributed by atoms with Gasteiger partial charge in [0.25, 0.3) is 5.91 Å². The Balaban J connectivity index is 2.66. The zero-order valence-electron chi connectivity index (χ0n) is 10.9. The molecule has 0 unspecified atom stereocenters. The molecule has 1 aromatic rings. The van der Waals surface area contributed by atoms with Crippen LogP contribution in [0.2, 0.25) is 5.15 Å². The first-order valence-electron chi connectivity index (χ1n) is 5.77. The average molecular weight is 286 g/mol. The van der Waals surface area contributed by atoms with Gasteiger partial charge in [-0.3, -0.25) is 9.59 Å². The van der Waals surface area contributed by atoms with Crippen LogP contribution in [-0.4, -0.2) is 42.0 Å². The molecule has 0 fully saturated rings. The predicted molar refractivity (Wildman–Crippen MR) is 71.9 cm³/mol. The van der Waals surface area contributed by atoms with Gasteiger partial charge >= 0.3 is 5.97 Å². The molecule has 1 rings (SSSR count). The SMILES string of the molecule is CCOC(=O)CCN(C)C(=O)c1cc(Cl)ncc1N. The van der Waals surface area contributed by atoms with Crippen LogP contribution < -0.4 is 5.73 Å². The standard InChI is InChI=1S/C12H16ClN3O3/c1-3-19-11(17)4-5-16(2)12(18)8-6-10(13)15-7-9(8)14/h6-7H,3-5,14H2,1-2H3. The van der Waals surface area contributed by atoms with Crippen LogP contribution in [0.4, 0.5) is 5.69 Å². The summed E-state index contributed by atoms with van der Waals surface area (Å²) in [5.41, 5.74) is 6.19. The van der Waals surface area contributed by atoms with Crippen LogP contribution >= 0.6 is 11.6 Å². The monoisotopic (exact) mass is 285 g/mol. The molecule has 0 aromatic carbocycles. The topological polar surface area (TPSA) is 85.5 Å². The van der Waals surface area contributed by atoms with Crippen molar-refractivity contribution in [3.05, 3.63) is 23.0 Å². The van der Waals surface area contributed by atoms with E-state index in [1.807, 2.05) is 0 Å². The molecule has 0 saturated heterocycles. The molecule has 6 nitrogen and oxygen atoms in total. The Morgan fingerprint density at radius 3 is 2.84 bits per heavy atom. The number of amides is 1. The van der Waals surface area contributed by atoms with Crippen LogP contribution in [0.1, 0.15) is 23.7 Å². The van der Waals surface area contributed by atoms with Gasteiger partial charge in [-0.25, -0.2) is 4.98 Å². The minimum atomic E-state index is -0.345. The molecule has 104 valence electrons. The van der Waals surface area contributed by atoms with Crippen LogP contribution in [0.25, 0.3) is 0 Å². The van der Waals surface area contributed by atoms with E-state index in [4.69, 9.17) is 22.1 Å². The molecule has 0 bridgehead atoms. The number of carbonyl (C=O) groups is 2. The van der Waals surface area contributed by atoms with Crippen LogP contribution in [0.3, 0.4) is 0 Å². The van der Waals surface area contributed by atoms with Gasteiger partial charge in [0, 0.05) is 13.6 Å². The van der Waals surface area contributed by atoms with Crippen molar-refractivity contribution in [2.45, 2.75) is 13.3 Å². The third kappa shape index (κ3) is 4.40. The summed E-state index contributed by atoms with van der Waals surface area (Å²) in [6, 6.07) is 1.40. The largest absolute Gasteiger partial charge is 0.466 e. The van der Waals surface area contributed by atoms with Crippen molar-refractivity contribution >= 4 is 29.2 Å². The lowest BCUT2D eigenvalue weighted by Gasteiger charge is -2.17. The molecule has 1 heterocycles. The van der Waals surface area contributed by atoms with E-state index in [0.717, 1.165) is 0 Å². The summed E-state index contributed by atoms with van der Waals surface area (Å²) in [7, 11) is 1.58. The highest BCUT2D eigenvalue weighted by molar-refractivity contribution is 6.29. The minimum absolute atomic E-state index is 0.134. The fourth-order valence-electron chi connectivity index (χ4n) is 1.42. The van der Waals surface area contributed by atoms with Gasteiger partial charge in [-0.15, -0.1) is 0 Å². The van der Waals surface area contributed by atoms with Crippen molar-refractivity contribution in [2.75, 3.05) is 25.9 Å². The number of nitrogens with two attached hydrogens (primary N) is 1. The molecule has 0 saturated carbocycles. The summed E-state index contributed by atoms with van der Waals surface area (Å²) in [6.45, 7) is 2.30. The quantitative estimate of drug-likeness (QED) is 0.652. The lowest BCUT2D eigenvalue weighted by Crippen LogP contribution is -2.30. The summed E-state index contributed by atoms with van der Waals surface area (Å²) < 4.78 is 4.79. The molecule has 0 aliphatic heterocycles. The molecule has 0 spiro atoms. The normalized spacial score (nSPS) is 10.1. The predicted octanol–water partition coefficient (Wildman–Crippen LogP) is 1.34. The highest BCUT2D eigenvalue weighted by Gasteiger charge is 2.16. The first kappa shape index (κ1) is 15.2. The minimum Gasteiger partial charge on any atom is -0.466 e. The fraction of sp³-hybridized carbons (Fsp3) is 0.417. The Kier molecular flexibility index (Phi) is 5.57. The number of esters is 1. The summed E-state index contributed by atoms with van der Waals surface area (Å²) in [4.78, 5) is 28.5. The summed E-state index contributed by atoms with van der Waals surface area (Å²) in [6.07, 6.45) is 1.46. The number of aromatic nitrogens is 1. The van der Waals surface area contributed by atoms with E-state index in [-0.39, 0.29) is 41.2 Å². The second-order valence-corrected chi connectivity index (χ2v) is 4.26. The van der Waals surface area contributed by atoms with Gasteiger partial charge in [-0.1, -0.05) is 11.6 Å². The molecular weight excluding hydrogens is 270 g/mol. The molecule has 1 aromatic heterocycles. The number of ether oxygens (including phenoxy) is 1. The number of hydrogen-bond acceptors (Lipinski definition) is 5. The van der Waals surface area contributed by atoms with Gasteiger partial charge in [-0.2, -0.15) is 0 Å². The summed E-state index contributed by atoms with van der Waals surface area (Å²) in [5.74, 6) is -0.658. The number of hydrogen-bond donors (Lipinski definition) is 1. The van der Waals surface area contributed by atoms with Gasteiger partial charge in [0.15, 0.2) is 0 Å². The third-order valence-electron chi connectivity index (χ3n) is 2.44. The van der Waals surface area contributed by atoms with Crippen LogP contribution in [0.5, 0.6) is 0 Å². The number of rotatable bonds is 5. The van der Waals surface area contributed by atoms with Gasteiger partial charge in [0.05, 0.1) is 30.5 Å². The van der Waals surface area contributed by atoms with Crippen LogP contribution in [-0.2, 0) is 9.53 Å². The Morgan fingerprint density at radius 1 is 1.53 bits per heavy atom. The second-order valence-electron chi connectivity index (χ2n) is 3.88. The van der Waals surface area contributed by atoms with Crippen molar-refractivity contribution in [2.24, 2.45) is 0 Å². The lowest BCUT2D eigenvalue weighted by atomic mass is 10.2. The second kappa shape index (κ2) is 6.94. The van der Waals surface area contributed by atoms with Gasteiger partial charge in [0.2, 0.25) is 0 Å². The molecule has 19 heavy (non-hydrogen) atoms. The molecule has 0 aliphatic rings. The molecule has 0 atom stereocenters. The maximum Gasteiger partial charge on any atom is 0.307 e. The number of nitrogen functional groups attached to an aromatic ring is 1. The fourth-order valence-corrected chi connectivity index (χ4v) is 1.58. The van der Waals surface area contributed by atoms with E-state index in [9.17, 15) is 9.59 Å². The van der Waals surface area contributed by atoms with Crippen molar-refractivity contribution in [3.8, 4) is 0 Å². The Morgan fingerprint density at radius 2 is 2.21 bits per heavy atom. The average Bonchev–Trinajstić information content (AvgIpc) is 2.38. The van der Waals surface area contributed by atoms with E-state index in [0.29, 0.717) is 6.61 Å². The molecule has 0 aliphatic carbocycles. The van der Waals surface area contributed by atoms with Crippen molar-refractivity contribution in [1.29, 1.82) is 0 Å². The van der Waals surface area contributed by atoms with Gasteiger partial charge in [-0.05, 0) is 13.0 Å². The van der Waals surface area contributed by atoms with Crippen molar-refractivity contribution in [1.82, 2.24) is 9.88 Å². The van der Waals surface area contributed by atoms with E-state index in [1.165, 1.54) is 17.2 Å². The maximum atomic E-state index is 12.1. The molecular formula is C12H16ClN3O3. The molecule has 2 N–H and O–H groups in total. The van der Waals surface area contributed by atoms with E-state index in [2.05, 4.69) is 4.98 Å². The Bertz CT molecular complexity index is 479. The number of carbonyl (C=O) groups excluding carboxylic acids is 2. The maximum absolute atomic E-state index is 12.1. The van der Waals surface area contributed by atoms with E-state index >= 15 is 0 Å². The van der Waals surface area contributed by atoms with Crippen LogP contribution in [0.15, 0.2) is 12.3 Å². The number of pyridine rings is 1. The number of anilines is 1. The summed E-state index contributed by atoms with van der Waals surface area (Å²) in [5, 5.41) is 0.191. The van der Waals surface area contributed by atoms with Crippen molar-refractivity contribution < 1.29 is 14.3 Å². The lowest BCUT2D eigenvalue weighted by molar-refractivity contribution is -0.143. The molecule has 0 radical (unpaired) electrons. The van der Waals surface area contributed by atoms with E-state index in [1.54, 1.807) is 14.0 Å². The van der Waals surface area contributed by atoms with Gasteiger partial charge < -0.3 is 15.4 Å². The molecule has 1 amide bonds. The van der Waals surface area contributed by atoms with Crippen molar-refractivity contribution in [3.63, 3.8) is 0 Å². The number of halogens is 1. The third-order valence-corrected chi connectivity index (χ3v) is 2.64. The van der Waals surface area contributed by atoms with Crippen LogP contribution in [0, 0.1) is 0 Å². The number of nitrogens with zero attached hydrogens (tertiary/aromatic N) is 2. The zero-order valence-corrected chi connectivity index (χ0v) is 11.6. The first-order valence-corrected chi connectivity index (χ1v) is 6.15. The Labute approximate surface area is 116 Å². The summed E-state index contributed by atoms with van der Waals surface area (Å²) >= 11 is 5.72. The zero-order chi connectivity index (χ0) is 14.4. The highest BCUT2D eigenvalue weighted by Crippen LogP contribution is 2.16. The smallest absolute Gasteiger partial charge is 0.307 e. The highest BCUT2D eigenvalue weighted by atomic mass is 35.5. The molecule has 7 heteroatoms. The van der Waals surface area contributed by atoms with E-state index < -0.39 is 0 Å². The Hall–Kier alpha value is -1.82.